The van der Waals surface area contributed by atoms with Gasteiger partial charge < -0.3 is 10.1 Å². The van der Waals surface area contributed by atoms with Gasteiger partial charge in [0.05, 0.1) is 10.0 Å². The Bertz CT molecular complexity index is 1130. The first-order valence-electron chi connectivity index (χ1n) is 9.18. The Balaban J connectivity index is 1.77. The van der Waals surface area contributed by atoms with E-state index in [0.717, 1.165) is 24.2 Å². The van der Waals surface area contributed by atoms with Gasteiger partial charge in [-0.2, -0.15) is 0 Å². The predicted molar refractivity (Wildman–Crippen MR) is 118 cm³/mol. The first-order chi connectivity index (χ1) is 14.4. The summed E-state index contributed by atoms with van der Waals surface area (Å²) >= 11 is 6.80. The quantitative estimate of drug-likeness (QED) is 0.437. The maximum Gasteiger partial charge on any atom is 0.271 e. The summed E-state index contributed by atoms with van der Waals surface area (Å²) in [5, 5.41) is 2.83. The van der Waals surface area contributed by atoms with Gasteiger partial charge in [-0.25, -0.2) is 13.4 Å². The SMILES string of the molecule is CCCCNC(=O)c1cccnc1Oc1cccc(NS(=O)(=O)c2ccc(Cl)s2)c1. The van der Waals surface area contributed by atoms with Crippen molar-refractivity contribution in [2.45, 2.75) is 24.0 Å². The molecule has 2 aromatic heterocycles. The average molecular weight is 466 g/mol. The van der Waals surface area contributed by atoms with Gasteiger partial charge in [-0.05, 0) is 42.8 Å². The van der Waals surface area contributed by atoms with Crippen molar-refractivity contribution in [1.82, 2.24) is 10.3 Å². The molecule has 1 aromatic carbocycles. The molecule has 0 radical (unpaired) electrons. The Hall–Kier alpha value is -2.62. The molecule has 0 atom stereocenters. The van der Waals surface area contributed by atoms with E-state index in [4.69, 9.17) is 16.3 Å². The number of pyridine rings is 1. The normalized spacial score (nSPS) is 11.1. The summed E-state index contributed by atoms with van der Waals surface area (Å²) in [6.45, 7) is 2.60. The minimum atomic E-state index is -3.77. The number of thiophene rings is 1. The van der Waals surface area contributed by atoms with E-state index < -0.39 is 10.0 Å². The van der Waals surface area contributed by atoms with E-state index in [1.807, 2.05) is 6.92 Å². The highest BCUT2D eigenvalue weighted by molar-refractivity contribution is 7.94. The third-order valence-corrected chi connectivity index (χ3v) is 7.05. The van der Waals surface area contributed by atoms with Crippen molar-refractivity contribution < 1.29 is 17.9 Å². The summed E-state index contributed by atoms with van der Waals surface area (Å²) in [5.74, 6) is 0.190. The number of carbonyl (C=O) groups is 1. The summed E-state index contributed by atoms with van der Waals surface area (Å²) < 4.78 is 33.7. The zero-order chi connectivity index (χ0) is 21.6. The van der Waals surface area contributed by atoms with Crippen molar-refractivity contribution in [2.75, 3.05) is 11.3 Å². The standard InChI is InChI=1S/C20H20ClN3O4S2/c1-2-3-11-22-19(25)16-8-5-12-23-20(16)28-15-7-4-6-14(13-15)24-30(26,27)18-10-9-17(21)29-18/h4-10,12-13,24H,2-3,11H2,1H3,(H,22,25). The summed E-state index contributed by atoms with van der Waals surface area (Å²) in [4.78, 5) is 16.6. The minimum absolute atomic E-state index is 0.106. The molecule has 2 heterocycles. The molecule has 0 saturated carbocycles. The average Bonchev–Trinajstić information content (AvgIpc) is 3.16. The Kier molecular flexibility index (Phi) is 7.30. The van der Waals surface area contributed by atoms with E-state index in [2.05, 4.69) is 15.0 Å². The van der Waals surface area contributed by atoms with Crippen LogP contribution in [0.5, 0.6) is 11.6 Å². The number of hydrogen-bond donors (Lipinski definition) is 2. The number of hydrogen-bond acceptors (Lipinski definition) is 6. The number of anilines is 1. The second kappa shape index (κ2) is 9.92. The van der Waals surface area contributed by atoms with Crippen molar-refractivity contribution >= 4 is 44.6 Å². The van der Waals surface area contributed by atoms with Crippen LogP contribution in [-0.4, -0.2) is 25.9 Å². The summed E-state index contributed by atoms with van der Waals surface area (Å²) in [6.07, 6.45) is 3.36. The number of ether oxygens (including phenoxy) is 1. The number of halogens is 1. The molecule has 0 aliphatic heterocycles. The molecule has 30 heavy (non-hydrogen) atoms. The molecule has 0 saturated heterocycles. The van der Waals surface area contributed by atoms with Crippen LogP contribution < -0.4 is 14.8 Å². The number of rotatable bonds is 9. The van der Waals surface area contributed by atoms with Crippen molar-refractivity contribution in [2.24, 2.45) is 0 Å². The molecule has 0 aliphatic carbocycles. The molecule has 0 aliphatic rings. The number of unbranched alkanes of at least 4 members (excludes halogenated alkanes) is 1. The molecular weight excluding hydrogens is 446 g/mol. The zero-order valence-electron chi connectivity index (χ0n) is 16.1. The van der Waals surface area contributed by atoms with Crippen LogP contribution in [0.3, 0.4) is 0 Å². The summed E-state index contributed by atoms with van der Waals surface area (Å²) in [7, 11) is -3.77. The van der Waals surface area contributed by atoms with Gasteiger partial charge in [-0.15, -0.1) is 11.3 Å². The van der Waals surface area contributed by atoms with Crippen LogP contribution in [0.25, 0.3) is 0 Å². The third kappa shape index (κ3) is 5.71. The van der Waals surface area contributed by atoms with Crippen LogP contribution in [0.2, 0.25) is 4.34 Å². The van der Waals surface area contributed by atoms with Gasteiger partial charge in [0, 0.05) is 18.8 Å². The molecule has 0 bridgehead atoms. The maximum atomic E-state index is 12.5. The first kappa shape index (κ1) is 22.1. The second-order valence-electron chi connectivity index (χ2n) is 6.26. The largest absolute Gasteiger partial charge is 0.438 e. The monoisotopic (exact) mass is 465 g/mol. The van der Waals surface area contributed by atoms with Crippen LogP contribution in [0.4, 0.5) is 5.69 Å². The molecular formula is C20H20ClN3O4S2. The first-order valence-corrected chi connectivity index (χ1v) is 11.9. The highest BCUT2D eigenvalue weighted by Crippen LogP contribution is 2.29. The maximum absolute atomic E-state index is 12.5. The van der Waals surface area contributed by atoms with E-state index in [-0.39, 0.29) is 16.0 Å². The van der Waals surface area contributed by atoms with Gasteiger partial charge in [0.1, 0.15) is 15.5 Å². The molecule has 0 spiro atoms. The highest BCUT2D eigenvalue weighted by Gasteiger charge is 2.18. The van der Waals surface area contributed by atoms with Crippen LogP contribution in [-0.2, 0) is 10.0 Å². The zero-order valence-corrected chi connectivity index (χ0v) is 18.5. The lowest BCUT2D eigenvalue weighted by Gasteiger charge is -2.12. The van der Waals surface area contributed by atoms with Crippen LogP contribution in [0, 0.1) is 0 Å². The molecule has 3 rings (SSSR count). The number of aromatic nitrogens is 1. The van der Waals surface area contributed by atoms with Gasteiger partial charge in [0.15, 0.2) is 0 Å². The summed E-state index contributed by atoms with van der Waals surface area (Å²) in [5.41, 5.74) is 0.606. The molecule has 1 amide bonds. The van der Waals surface area contributed by atoms with Crippen molar-refractivity contribution in [3.8, 4) is 11.6 Å². The van der Waals surface area contributed by atoms with E-state index in [1.165, 1.54) is 24.4 Å². The number of benzene rings is 1. The van der Waals surface area contributed by atoms with Gasteiger partial charge in [-0.1, -0.05) is 31.0 Å². The molecule has 0 fully saturated rings. The molecule has 0 unspecified atom stereocenters. The predicted octanol–water partition coefficient (Wildman–Crippen LogP) is 4.92. The Morgan fingerprint density at radius 3 is 2.77 bits per heavy atom. The fraction of sp³-hybridized carbons (Fsp3) is 0.200. The van der Waals surface area contributed by atoms with Crippen LogP contribution >= 0.6 is 22.9 Å². The van der Waals surface area contributed by atoms with Crippen molar-refractivity contribution in [3.05, 3.63) is 64.6 Å². The molecule has 2 N–H and O–H groups in total. The Labute approximate surface area is 184 Å². The third-order valence-electron chi connectivity index (χ3n) is 3.95. The van der Waals surface area contributed by atoms with Crippen LogP contribution in [0.1, 0.15) is 30.1 Å². The van der Waals surface area contributed by atoms with Gasteiger partial charge >= 0.3 is 0 Å². The van der Waals surface area contributed by atoms with Gasteiger partial charge in [0.25, 0.3) is 15.9 Å². The minimum Gasteiger partial charge on any atom is -0.438 e. The Morgan fingerprint density at radius 1 is 1.20 bits per heavy atom. The lowest BCUT2D eigenvalue weighted by atomic mass is 10.2. The van der Waals surface area contributed by atoms with Crippen LogP contribution in [0.15, 0.2) is 58.9 Å². The lowest BCUT2D eigenvalue weighted by Crippen LogP contribution is -2.24. The smallest absolute Gasteiger partial charge is 0.271 e. The van der Waals surface area contributed by atoms with Gasteiger partial charge in [0.2, 0.25) is 5.88 Å². The molecule has 3 aromatic rings. The second-order valence-corrected chi connectivity index (χ2v) is 9.88. The van der Waals surface area contributed by atoms with Crippen molar-refractivity contribution in [3.63, 3.8) is 0 Å². The van der Waals surface area contributed by atoms with E-state index in [1.54, 1.807) is 30.3 Å². The molecule has 158 valence electrons. The molecule has 7 nitrogen and oxygen atoms in total. The lowest BCUT2D eigenvalue weighted by molar-refractivity contribution is 0.0950. The highest BCUT2D eigenvalue weighted by atomic mass is 35.5. The number of nitrogens with zero attached hydrogens (tertiary/aromatic N) is 1. The van der Waals surface area contributed by atoms with E-state index in [9.17, 15) is 13.2 Å². The number of amides is 1. The van der Waals surface area contributed by atoms with E-state index >= 15 is 0 Å². The number of carbonyl (C=O) groups excluding carboxylic acids is 1. The van der Waals surface area contributed by atoms with Gasteiger partial charge in [-0.3, -0.25) is 9.52 Å². The number of nitrogens with one attached hydrogen (secondary N) is 2. The van der Waals surface area contributed by atoms with E-state index in [0.29, 0.717) is 27.9 Å². The summed E-state index contributed by atoms with van der Waals surface area (Å²) in [6, 6.07) is 12.6. The topological polar surface area (TPSA) is 97.4 Å². The number of sulfonamides is 1. The Morgan fingerprint density at radius 2 is 2.03 bits per heavy atom. The fourth-order valence-corrected chi connectivity index (χ4v) is 5.03. The molecule has 10 heteroatoms. The van der Waals surface area contributed by atoms with Crippen molar-refractivity contribution in [1.29, 1.82) is 0 Å². The fourth-order valence-electron chi connectivity index (χ4n) is 2.50.